The van der Waals surface area contributed by atoms with Crippen molar-refractivity contribution in [2.75, 3.05) is 13.7 Å². The van der Waals surface area contributed by atoms with Crippen LogP contribution in [0.5, 0.6) is 0 Å². The Balaban J connectivity index is 2.52. The highest BCUT2D eigenvalue weighted by atomic mass is 16.5. The van der Waals surface area contributed by atoms with E-state index in [2.05, 4.69) is 19.2 Å². The molecule has 0 aliphatic heterocycles. The van der Waals surface area contributed by atoms with E-state index in [1.54, 1.807) is 0 Å². The average Bonchev–Trinajstić information content (AvgIpc) is 2.35. The molecule has 3 heteroatoms. The van der Waals surface area contributed by atoms with Crippen molar-refractivity contribution < 1.29 is 9.53 Å². The molecule has 3 nitrogen and oxygen atoms in total. The van der Waals surface area contributed by atoms with Crippen LogP contribution in [0.2, 0.25) is 0 Å². The van der Waals surface area contributed by atoms with Gasteiger partial charge in [-0.3, -0.25) is 4.79 Å². The Labute approximate surface area is 112 Å². The third-order valence-corrected chi connectivity index (χ3v) is 4.22. The molecular formula is C15H29NO2. The molecule has 2 unspecified atom stereocenters. The number of esters is 1. The summed E-state index contributed by atoms with van der Waals surface area (Å²) in [6.07, 6.45) is 5.20. The maximum Gasteiger partial charge on any atom is 0.312 e. The van der Waals surface area contributed by atoms with Crippen LogP contribution in [-0.4, -0.2) is 25.7 Å². The number of rotatable bonds is 5. The Kier molecular flexibility index (Phi) is 5.64. The first-order valence-electron chi connectivity index (χ1n) is 7.20. The summed E-state index contributed by atoms with van der Waals surface area (Å²) >= 11 is 0. The van der Waals surface area contributed by atoms with Crippen molar-refractivity contribution in [3.63, 3.8) is 0 Å². The monoisotopic (exact) mass is 255 g/mol. The summed E-state index contributed by atoms with van der Waals surface area (Å²) in [7, 11) is 1.46. The van der Waals surface area contributed by atoms with Gasteiger partial charge in [-0.05, 0) is 38.5 Å². The van der Waals surface area contributed by atoms with Crippen LogP contribution in [0.25, 0.3) is 0 Å². The fraction of sp³-hybridized carbons (Fsp3) is 0.933. The molecule has 106 valence electrons. The summed E-state index contributed by atoms with van der Waals surface area (Å²) < 4.78 is 4.85. The van der Waals surface area contributed by atoms with Crippen molar-refractivity contribution in [1.29, 1.82) is 0 Å². The second-order valence-corrected chi connectivity index (χ2v) is 6.56. The molecule has 0 heterocycles. The van der Waals surface area contributed by atoms with E-state index in [4.69, 9.17) is 4.74 Å². The van der Waals surface area contributed by atoms with E-state index >= 15 is 0 Å². The molecule has 1 aliphatic carbocycles. The summed E-state index contributed by atoms with van der Waals surface area (Å²) in [5.74, 6) is 1.32. The minimum atomic E-state index is -0.437. The molecule has 18 heavy (non-hydrogen) atoms. The van der Waals surface area contributed by atoms with Gasteiger partial charge < -0.3 is 10.1 Å². The van der Waals surface area contributed by atoms with Crippen LogP contribution in [0, 0.1) is 17.3 Å². The van der Waals surface area contributed by atoms with Gasteiger partial charge in [0.25, 0.3) is 0 Å². The number of ether oxygens (including phenoxy) is 1. The van der Waals surface area contributed by atoms with Gasteiger partial charge in [-0.25, -0.2) is 0 Å². The first kappa shape index (κ1) is 15.5. The molecule has 0 aromatic rings. The van der Waals surface area contributed by atoms with Gasteiger partial charge >= 0.3 is 5.97 Å². The summed E-state index contributed by atoms with van der Waals surface area (Å²) in [4.78, 5) is 11.7. The molecule has 0 saturated heterocycles. The van der Waals surface area contributed by atoms with Gasteiger partial charge in [0.1, 0.15) is 0 Å². The third kappa shape index (κ3) is 3.98. The highest BCUT2D eigenvalue weighted by Gasteiger charge is 2.32. The summed E-state index contributed by atoms with van der Waals surface area (Å²) in [6, 6.07) is 0.558. The van der Waals surface area contributed by atoms with Crippen molar-refractivity contribution in [2.24, 2.45) is 17.3 Å². The Morgan fingerprint density at radius 1 is 1.33 bits per heavy atom. The van der Waals surface area contributed by atoms with Gasteiger partial charge in [0, 0.05) is 12.6 Å². The van der Waals surface area contributed by atoms with E-state index < -0.39 is 5.41 Å². The SMILES string of the molecule is COC(=O)C(C)(C)CNC1CCCCC1C(C)C. The average molecular weight is 255 g/mol. The summed E-state index contributed by atoms with van der Waals surface area (Å²) in [5.41, 5.74) is -0.437. The van der Waals surface area contributed by atoms with Crippen molar-refractivity contribution in [2.45, 2.75) is 59.4 Å². The zero-order valence-corrected chi connectivity index (χ0v) is 12.6. The van der Waals surface area contributed by atoms with Crippen LogP contribution in [0.4, 0.5) is 0 Å². The molecular weight excluding hydrogens is 226 g/mol. The van der Waals surface area contributed by atoms with Crippen LogP contribution in [0.1, 0.15) is 53.4 Å². The molecule has 0 aromatic heterocycles. The zero-order valence-electron chi connectivity index (χ0n) is 12.6. The number of hydrogen-bond acceptors (Lipinski definition) is 3. The number of nitrogens with one attached hydrogen (secondary N) is 1. The standard InChI is InChI=1S/C15H29NO2/c1-11(2)12-8-6-7-9-13(12)16-10-15(3,4)14(17)18-5/h11-13,16H,6-10H2,1-5H3. The molecule has 0 spiro atoms. The lowest BCUT2D eigenvalue weighted by atomic mass is 9.77. The van der Waals surface area contributed by atoms with Gasteiger partial charge in [0.15, 0.2) is 0 Å². The van der Waals surface area contributed by atoms with E-state index in [1.807, 2.05) is 13.8 Å². The lowest BCUT2D eigenvalue weighted by Crippen LogP contribution is -2.46. The molecule has 0 bridgehead atoms. The van der Waals surface area contributed by atoms with Crippen molar-refractivity contribution in [1.82, 2.24) is 5.32 Å². The van der Waals surface area contributed by atoms with E-state index in [9.17, 15) is 4.79 Å². The maximum atomic E-state index is 11.7. The maximum absolute atomic E-state index is 11.7. The number of methoxy groups -OCH3 is 1. The molecule has 1 N–H and O–H groups in total. The van der Waals surface area contributed by atoms with Gasteiger partial charge in [0.05, 0.1) is 12.5 Å². The smallest absolute Gasteiger partial charge is 0.312 e. The van der Waals surface area contributed by atoms with Gasteiger partial charge in [-0.1, -0.05) is 26.7 Å². The predicted molar refractivity (Wildman–Crippen MR) is 74.4 cm³/mol. The fourth-order valence-electron chi connectivity index (χ4n) is 2.95. The lowest BCUT2D eigenvalue weighted by Gasteiger charge is -2.36. The molecule has 2 atom stereocenters. The topological polar surface area (TPSA) is 38.3 Å². The molecule has 0 amide bonds. The first-order valence-corrected chi connectivity index (χ1v) is 7.20. The van der Waals surface area contributed by atoms with Crippen molar-refractivity contribution in [3.8, 4) is 0 Å². The van der Waals surface area contributed by atoms with Gasteiger partial charge in [-0.15, -0.1) is 0 Å². The van der Waals surface area contributed by atoms with Crippen LogP contribution in [-0.2, 0) is 9.53 Å². The molecule has 1 rings (SSSR count). The van der Waals surface area contributed by atoms with Gasteiger partial charge in [-0.2, -0.15) is 0 Å². The van der Waals surface area contributed by atoms with E-state index in [0.29, 0.717) is 18.5 Å². The number of carbonyl (C=O) groups excluding carboxylic acids is 1. The van der Waals surface area contributed by atoms with Gasteiger partial charge in [0.2, 0.25) is 0 Å². The second kappa shape index (κ2) is 6.55. The van der Waals surface area contributed by atoms with Crippen molar-refractivity contribution in [3.05, 3.63) is 0 Å². The highest BCUT2D eigenvalue weighted by Crippen LogP contribution is 2.30. The van der Waals surface area contributed by atoms with Crippen LogP contribution < -0.4 is 5.32 Å². The normalized spacial score (nSPS) is 25.2. The summed E-state index contributed by atoms with van der Waals surface area (Å²) in [6.45, 7) is 9.19. The molecule has 1 fully saturated rings. The van der Waals surface area contributed by atoms with E-state index in [-0.39, 0.29) is 5.97 Å². The minimum absolute atomic E-state index is 0.132. The predicted octanol–water partition coefficient (Wildman–Crippen LogP) is 2.99. The summed E-state index contributed by atoms with van der Waals surface area (Å²) in [5, 5.41) is 3.61. The Morgan fingerprint density at radius 3 is 2.50 bits per heavy atom. The number of carbonyl (C=O) groups is 1. The van der Waals surface area contributed by atoms with Crippen LogP contribution in [0.15, 0.2) is 0 Å². The largest absolute Gasteiger partial charge is 0.469 e. The Morgan fingerprint density at radius 2 is 1.94 bits per heavy atom. The molecule has 1 aliphatic rings. The molecule has 1 saturated carbocycles. The highest BCUT2D eigenvalue weighted by molar-refractivity contribution is 5.76. The third-order valence-electron chi connectivity index (χ3n) is 4.22. The minimum Gasteiger partial charge on any atom is -0.469 e. The molecule has 0 radical (unpaired) electrons. The van der Waals surface area contributed by atoms with Crippen molar-refractivity contribution >= 4 is 5.97 Å². The first-order chi connectivity index (χ1) is 8.38. The zero-order chi connectivity index (χ0) is 13.8. The Hall–Kier alpha value is -0.570. The Bertz CT molecular complexity index is 274. The fourth-order valence-corrected chi connectivity index (χ4v) is 2.95. The van der Waals surface area contributed by atoms with E-state index in [1.165, 1.54) is 32.8 Å². The lowest BCUT2D eigenvalue weighted by molar-refractivity contribution is -0.150. The van der Waals surface area contributed by atoms with E-state index in [0.717, 1.165) is 5.92 Å². The number of hydrogen-bond donors (Lipinski definition) is 1. The van der Waals surface area contributed by atoms with Crippen LogP contribution >= 0.6 is 0 Å². The second-order valence-electron chi connectivity index (χ2n) is 6.56. The molecule has 0 aromatic carbocycles. The quantitative estimate of drug-likeness (QED) is 0.768. The van der Waals surface area contributed by atoms with Crippen LogP contribution in [0.3, 0.4) is 0 Å².